The van der Waals surface area contributed by atoms with Crippen LogP contribution in [-0.4, -0.2) is 24.5 Å². The fourth-order valence-corrected chi connectivity index (χ4v) is 1.92. The molecule has 1 aromatic heterocycles. The van der Waals surface area contributed by atoms with E-state index in [1.807, 2.05) is 24.3 Å². The molecule has 18 heavy (non-hydrogen) atoms. The van der Waals surface area contributed by atoms with Gasteiger partial charge in [-0.2, -0.15) is 4.57 Å². The van der Waals surface area contributed by atoms with Gasteiger partial charge in [0.05, 0.1) is 7.11 Å². The Labute approximate surface area is 104 Å². The van der Waals surface area contributed by atoms with E-state index in [0.717, 1.165) is 22.8 Å². The van der Waals surface area contributed by atoms with Gasteiger partial charge in [0.2, 0.25) is 0 Å². The van der Waals surface area contributed by atoms with Crippen molar-refractivity contribution in [1.29, 1.82) is 0 Å². The zero-order valence-corrected chi connectivity index (χ0v) is 9.88. The van der Waals surface area contributed by atoms with Crippen LogP contribution >= 0.6 is 0 Å². The van der Waals surface area contributed by atoms with Crippen molar-refractivity contribution in [2.45, 2.75) is 0 Å². The highest BCUT2D eigenvalue weighted by Gasteiger charge is 2.27. The van der Waals surface area contributed by atoms with Crippen LogP contribution in [0.3, 0.4) is 0 Å². The summed E-state index contributed by atoms with van der Waals surface area (Å²) >= 11 is 0. The molecule has 1 aliphatic rings. The number of carbonyl (C=O) groups excluding carboxylic acids is 1. The lowest BCUT2D eigenvalue weighted by molar-refractivity contribution is -0.551. The molecule has 0 unspecified atom stereocenters. The first-order valence-electron chi connectivity index (χ1n) is 5.61. The molecule has 0 bridgehead atoms. The molecule has 2 heterocycles. The van der Waals surface area contributed by atoms with E-state index >= 15 is 0 Å². The number of hydrogen-bond donors (Lipinski definition) is 1. The highest BCUT2D eigenvalue weighted by atomic mass is 16.5. The maximum atomic E-state index is 11.6. The fourth-order valence-electron chi connectivity index (χ4n) is 1.92. The first-order chi connectivity index (χ1) is 8.78. The van der Waals surface area contributed by atoms with Gasteiger partial charge in [0.1, 0.15) is 23.8 Å². The molecular weight excluding hydrogens is 230 g/mol. The van der Waals surface area contributed by atoms with Gasteiger partial charge in [-0.15, -0.1) is 0 Å². The average molecular weight is 242 g/mol. The molecule has 0 fully saturated rings. The zero-order valence-electron chi connectivity index (χ0n) is 9.88. The van der Waals surface area contributed by atoms with E-state index in [1.165, 1.54) is 0 Å². The van der Waals surface area contributed by atoms with Crippen molar-refractivity contribution in [3.05, 3.63) is 36.7 Å². The molecule has 0 radical (unpaired) electrons. The van der Waals surface area contributed by atoms with Gasteiger partial charge in [0.15, 0.2) is 6.54 Å². The SMILES string of the molecule is COc1ccc(-c2c[n+]3c(cn2)NCC3=O)cc1. The van der Waals surface area contributed by atoms with Crippen LogP contribution in [0.4, 0.5) is 5.82 Å². The number of ether oxygens (including phenoxy) is 1. The summed E-state index contributed by atoms with van der Waals surface area (Å²) in [6, 6.07) is 7.58. The monoisotopic (exact) mass is 242 g/mol. The first kappa shape index (κ1) is 10.7. The minimum atomic E-state index is 0.0298. The lowest BCUT2D eigenvalue weighted by Gasteiger charge is -2.02. The molecule has 0 aliphatic carbocycles. The summed E-state index contributed by atoms with van der Waals surface area (Å²) in [4.78, 5) is 15.9. The van der Waals surface area contributed by atoms with Crippen LogP contribution in [0, 0.1) is 0 Å². The van der Waals surface area contributed by atoms with Crippen molar-refractivity contribution >= 4 is 11.7 Å². The number of rotatable bonds is 2. The smallest absolute Gasteiger partial charge is 0.355 e. The third kappa shape index (κ3) is 1.69. The summed E-state index contributed by atoms with van der Waals surface area (Å²) in [6.45, 7) is 0.327. The molecule has 2 aromatic rings. The lowest BCUT2D eigenvalue weighted by Crippen LogP contribution is -2.39. The van der Waals surface area contributed by atoms with Crippen molar-refractivity contribution in [3.8, 4) is 17.0 Å². The number of carbonyl (C=O) groups is 1. The second-order valence-corrected chi connectivity index (χ2v) is 4.00. The predicted octanol–water partition coefficient (Wildman–Crippen LogP) is 1.11. The van der Waals surface area contributed by atoms with Crippen molar-refractivity contribution in [2.24, 2.45) is 0 Å². The molecule has 90 valence electrons. The molecule has 0 atom stereocenters. The minimum Gasteiger partial charge on any atom is -0.497 e. The highest BCUT2D eigenvalue weighted by Crippen LogP contribution is 2.20. The Kier molecular flexibility index (Phi) is 2.44. The molecule has 0 saturated carbocycles. The van der Waals surface area contributed by atoms with Gasteiger partial charge >= 0.3 is 11.7 Å². The van der Waals surface area contributed by atoms with Crippen molar-refractivity contribution in [3.63, 3.8) is 0 Å². The fraction of sp³-hybridized carbons (Fsp3) is 0.154. The topological polar surface area (TPSA) is 55.1 Å². The van der Waals surface area contributed by atoms with Crippen molar-refractivity contribution < 1.29 is 14.1 Å². The average Bonchev–Trinajstić information content (AvgIpc) is 2.80. The number of nitrogens with zero attached hydrogens (tertiary/aromatic N) is 2. The Bertz CT molecular complexity index is 608. The Hall–Kier alpha value is -2.43. The largest absolute Gasteiger partial charge is 0.497 e. The maximum Gasteiger partial charge on any atom is 0.355 e. The quantitative estimate of drug-likeness (QED) is 0.801. The van der Waals surface area contributed by atoms with Gasteiger partial charge in [0.25, 0.3) is 0 Å². The van der Waals surface area contributed by atoms with Crippen molar-refractivity contribution in [2.75, 3.05) is 19.0 Å². The van der Waals surface area contributed by atoms with Gasteiger partial charge in [-0.05, 0) is 24.3 Å². The molecule has 5 nitrogen and oxygen atoms in total. The van der Waals surface area contributed by atoms with Crippen molar-refractivity contribution in [1.82, 2.24) is 4.98 Å². The standard InChI is InChI=1S/C13H11N3O2/c1-18-10-4-2-9(3-5-10)11-8-16-12(6-14-11)15-7-13(16)17/h2-6,8H,7H2,1H3/p+1. The van der Waals surface area contributed by atoms with Gasteiger partial charge < -0.3 is 4.74 Å². The summed E-state index contributed by atoms with van der Waals surface area (Å²) in [6.07, 6.45) is 3.42. The summed E-state index contributed by atoms with van der Waals surface area (Å²) in [5.74, 6) is 1.56. The molecule has 3 rings (SSSR count). The van der Waals surface area contributed by atoms with Crippen LogP contribution in [0.5, 0.6) is 5.75 Å². The predicted molar refractivity (Wildman–Crippen MR) is 65.5 cm³/mol. The van der Waals surface area contributed by atoms with Gasteiger partial charge in [-0.1, -0.05) is 0 Å². The molecule has 1 aliphatic heterocycles. The first-order valence-corrected chi connectivity index (χ1v) is 5.61. The number of methoxy groups -OCH3 is 1. The van der Waals surface area contributed by atoms with E-state index in [0.29, 0.717) is 6.54 Å². The summed E-state index contributed by atoms with van der Waals surface area (Å²) in [5, 5.41) is 2.98. The number of anilines is 1. The normalized spacial score (nSPS) is 13.1. The van der Waals surface area contributed by atoms with Crippen LogP contribution in [-0.2, 0) is 0 Å². The number of nitrogens with one attached hydrogen (secondary N) is 1. The zero-order chi connectivity index (χ0) is 12.5. The summed E-state index contributed by atoms with van der Waals surface area (Å²) < 4.78 is 6.70. The maximum absolute atomic E-state index is 11.6. The molecule has 5 heteroatoms. The van der Waals surface area contributed by atoms with Gasteiger partial charge in [-0.25, -0.2) is 9.78 Å². The Morgan fingerprint density at radius 2 is 2.11 bits per heavy atom. The number of hydrogen-bond acceptors (Lipinski definition) is 4. The summed E-state index contributed by atoms with van der Waals surface area (Å²) in [7, 11) is 1.63. The third-order valence-corrected chi connectivity index (χ3v) is 2.91. The van der Waals surface area contributed by atoms with Gasteiger partial charge in [0, 0.05) is 5.56 Å². The van der Waals surface area contributed by atoms with E-state index in [9.17, 15) is 4.79 Å². The lowest BCUT2D eigenvalue weighted by atomic mass is 10.1. The summed E-state index contributed by atoms with van der Waals surface area (Å²) in [5.41, 5.74) is 1.71. The molecule has 0 spiro atoms. The van der Waals surface area contributed by atoms with Crippen LogP contribution in [0.2, 0.25) is 0 Å². The van der Waals surface area contributed by atoms with Crippen LogP contribution in [0.15, 0.2) is 36.7 Å². The minimum absolute atomic E-state index is 0.0298. The van der Waals surface area contributed by atoms with E-state index in [2.05, 4.69) is 10.3 Å². The molecular formula is C13H12N3O2+. The Morgan fingerprint density at radius 1 is 1.33 bits per heavy atom. The molecule has 1 N–H and O–H groups in total. The highest BCUT2D eigenvalue weighted by molar-refractivity contribution is 5.77. The Balaban J connectivity index is 2.01. The number of aromatic nitrogens is 2. The number of benzene rings is 1. The third-order valence-electron chi connectivity index (χ3n) is 2.91. The Morgan fingerprint density at radius 3 is 2.83 bits per heavy atom. The van der Waals surface area contributed by atoms with E-state index < -0.39 is 0 Å². The van der Waals surface area contributed by atoms with E-state index in [4.69, 9.17) is 4.74 Å². The van der Waals surface area contributed by atoms with E-state index in [1.54, 1.807) is 24.1 Å². The second-order valence-electron chi connectivity index (χ2n) is 4.00. The molecule has 0 amide bonds. The number of fused-ring (bicyclic) bond motifs is 1. The molecule has 1 aromatic carbocycles. The van der Waals surface area contributed by atoms with Gasteiger partial charge in [-0.3, -0.25) is 5.32 Å². The molecule has 0 saturated heterocycles. The van der Waals surface area contributed by atoms with Crippen LogP contribution < -0.4 is 14.6 Å². The van der Waals surface area contributed by atoms with E-state index in [-0.39, 0.29) is 5.91 Å². The second kappa shape index (κ2) is 4.10. The van der Waals surface area contributed by atoms with Crippen LogP contribution in [0.1, 0.15) is 4.79 Å². The van der Waals surface area contributed by atoms with Crippen LogP contribution in [0.25, 0.3) is 11.3 Å².